The molecule has 0 amide bonds. The number of benzene rings is 1. The molecule has 100 valence electrons. The smallest absolute Gasteiger partial charge is 0.175 e. The Hall–Kier alpha value is -1.77. The molecule has 1 heterocycles. The fourth-order valence-corrected chi connectivity index (χ4v) is 3.06. The van der Waals surface area contributed by atoms with Crippen molar-refractivity contribution in [3.63, 3.8) is 0 Å². The Morgan fingerprint density at radius 1 is 1.16 bits per heavy atom. The van der Waals surface area contributed by atoms with Crippen LogP contribution in [0, 0.1) is 5.92 Å². The van der Waals surface area contributed by atoms with E-state index in [2.05, 4.69) is 17.3 Å². The zero-order chi connectivity index (χ0) is 13.1. The minimum atomic E-state index is 0.507. The van der Waals surface area contributed by atoms with Gasteiger partial charge in [-0.25, -0.2) is 0 Å². The summed E-state index contributed by atoms with van der Waals surface area (Å²) >= 11 is 0. The van der Waals surface area contributed by atoms with Crippen LogP contribution in [0.4, 0.5) is 5.82 Å². The molecule has 2 aromatic rings. The summed E-state index contributed by atoms with van der Waals surface area (Å²) in [6, 6.07) is 10.2. The van der Waals surface area contributed by atoms with Crippen LogP contribution in [0.15, 0.2) is 34.9 Å². The lowest BCUT2D eigenvalue weighted by Gasteiger charge is -2.07. The van der Waals surface area contributed by atoms with E-state index in [1.165, 1.54) is 32.1 Å². The first kappa shape index (κ1) is 12.3. The average Bonchev–Trinajstić information content (AvgIpc) is 3.07. The van der Waals surface area contributed by atoms with Crippen LogP contribution >= 0.6 is 0 Å². The number of rotatable bonds is 4. The van der Waals surface area contributed by atoms with Gasteiger partial charge in [0.25, 0.3) is 0 Å². The quantitative estimate of drug-likeness (QED) is 0.898. The molecule has 3 rings (SSSR count). The van der Waals surface area contributed by atoms with Gasteiger partial charge < -0.3 is 10.3 Å². The second-order valence-electron chi connectivity index (χ2n) is 5.42. The summed E-state index contributed by atoms with van der Waals surface area (Å²) in [7, 11) is 0. The van der Waals surface area contributed by atoms with E-state index < -0.39 is 0 Å². The molecule has 0 bridgehead atoms. The maximum absolute atomic E-state index is 5.95. The van der Waals surface area contributed by atoms with Crippen LogP contribution < -0.4 is 5.73 Å². The first-order chi connectivity index (χ1) is 9.34. The number of nitrogen functional groups attached to an aromatic ring is 1. The van der Waals surface area contributed by atoms with Crippen molar-refractivity contribution in [2.45, 2.75) is 38.5 Å². The number of hydrogen-bond donors (Lipinski definition) is 1. The number of anilines is 1. The molecule has 1 aliphatic carbocycles. The predicted molar refractivity (Wildman–Crippen MR) is 76.6 cm³/mol. The molecule has 1 fully saturated rings. The SMILES string of the molecule is Nc1noc(CCC2CCCC2)c1-c1ccccc1. The third kappa shape index (κ3) is 2.65. The fraction of sp³-hybridized carbons (Fsp3) is 0.438. The molecule has 3 heteroatoms. The van der Waals surface area contributed by atoms with Gasteiger partial charge >= 0.3 is 0 Å². The molecular weight excluding hydrogens is 236 g/mol. The van der Waals surface area contributed by atoms with E-state index in [1.54, 1.807) is 0 Å². The lowest BCUT2D eigenvalue weighted by Crippen LogP contribution is -1.97. The standard InChI is InChI=1S/C16H20N2O/c17-16-15(13-8-2-1-3-9-13)14(19-18-16)11-10-12-6-4-5-7-12/h1-3,8-9,12H,4-7,10-11H2,(H2,17,18). The Bertz CT molecular complexity index is 527. The van der Waals surface area contributed by atoms with Gasteiger partial charge in [-0.2, -0.15) is 0 Å². The summed E-state index contributed by atoms with van der Waals surface area (Å²) in [5, 5.41) is 3.94. The van der Waals surface area contributed by atoms with Gasteiger partial charge in [-0.3, -0.25) is 0 Å². The van der Waals surface area contributed by atoms with Crippen LogP contribution in [0.25, 0.3) is 11.1 Å². The Morgan fingerprint density at radius 2 is 1.89 bits per heavy atom. The van der Waals surface area contributed by atoms with Crippen LogP contribution in [0.1, 0.15) is 37.9 Å². The maximum Gasteiger partial charge on any atom is 0.175 e. The molecule has 0 saturated heterocycles. The topological polar surface area (TPSA) is 52.0 Å². The van der Waals surface area contributed by atoms with E-state index in [-0.39, 0.29) is 0 Å². The van der Waals surface area contributed by atoms with Crippen molar-refractivity contribution in [2.75, 3.05) is 5.73 Å². The number of nitrogens with zero attached hydrogens (tertiary/aromatic N) is 1. The van der Waals surface area contributed by atoms with Gasteiger partial charge in [0.2, 0.25) is 0 Å². The molecule has 2 N–H and O–H groups in total. The highest BCUT2D eigenvalue weighted by molar-refractivity contribution is 5.75. The summed E-state index contributed by atoms with van der Waals surface area (Å²) in [4.78, 5) is 0. The number of aromatic nitrogens is 1. The lowest BCUT2D eigenvalue weighted by atomic mass is 9.97. The van der Waals surface area contributed by atoms with Gasteiger partial charge in [-0.15, -0.1) is 0 Å². The van der Waals surface area contributed by atoms with Gasteiger partial charge in [0.15, 0.2) is 5.82 Å². The van der Waals surface area contributed by atoms with Crippen molar-refractivity contribution < 1.29 is 4.52 Å². The minimum Gasteiger partial charge on any atom is -0.380 e. The Labute approximate surface area is 113 Å². The molecule has 0 aliphatic heterocycles. The van der Waals surface area contributed by atoms with E-state index in [1.807, 2.05) is 18.2 Å². The Kier molecular flexibility index (Phi) is 3.53. The van der Waals surface area contributed by atoms with Crippen molar-refractivity contribution >= 4 is 5.82 Å². The Balaban J connectivity index is 1.78. The number of nitrogens with two attached hydrogens (primary N) is 1. The number of aryl methyl sites for hydroxylation is 1. The molecule has 0 spiro atoms. The molecule has 19 heavy (non-hydrogen) atoms. The molecule has 1 aromatic carbocycles. The van der Waals surface area contributed by atoms with Crippen molar-refractivity contribution in [3.8, 4) is 11.1 Å². The van der Waals surface area contributed by atoms with Crippen LogP contribution in [0.2, 0.25) is 0 Å². The summed E-state index contributed by atoms with van der Waals surface area (Å²) in [5.41, 5.74) is 8.04. The van der Waals surface area contributed by atoms with Crippen molar-refractivity contribution in [1.82, 2.24) is 5.16 Å². The first-order valence-corrected chi connectivity index (χ1v) is 7.14. The van der Waals surface area contributed by atoms with Gasteiger partial charge in [-0.1, -0.05) is 61.2 Å². The van der Waals surface area contributed by atoms with Crippen molar-refractivity contribution in [2.24, 2.45) is 5.92 Å². The van der Waals surface area contributed by atoms with E-state index in [0.717, 1.165) is 29.2 Å². The van der Waals surface area contributed by atoms with Gasteiger partial charge in [0.05, 0.1) is 5.56 Å². The molecular formula is C16H20N2O. The number of hydrogen-bond acceptors (Lipinski definition) is 3. The predicted octanol–water partition coefficient (Wildman–Crippen LogP) is 4.05. The third-order valence-electron chi connectivity index (χ3n) is 4.11. The summed E-state index contributed by atoms with van der Waals surface area (Å²) in [6.07, 6.45) is 7.63. The Morgan fingerprint density at radius 3 is 2.63 bits per heavy atom. The summed E-state index contributed by atoms with van der Waals surface area (Å²) < 4.78 is 5.43. The summed E-state index contributed by atoms with van der Waals surface area (Å²) in [5.74, 6) is 2.30. The largest absolute Gasteiger partial charge is 0.380 e. The van der Waals surface area contributed by atoms with Crippen LogP contribution in [0.5, 0.6) is 0 Å². The maximum atomic E-state index is 5.95. The van der Waals surface area contributed by atoms with E-state index in [4.69, 9.17) is 10.3 Å². The van der Waals surface area contributed by atoms with Gasteiger partial charge in [0.1, 0.15) is 5.76 Å². The zero-order valence-electron chi connectivity index (χ0n) is 11.1. The first-order valence-electron chi connectivity index (χ1n) is 7.14. The monoisotopic (exact) mass is 256 g/mol. The van der Waals surface area contributed by atoms with Crippen LogP contribution in [-0.4, -0.2) is 5.16 Å². The highest BCUT2D eigenvalue weighted by Crippen LogP contribution is 2.33. The molecule has 1 aromatic heterocycles. The molecule has 3 nitrogen and oxygen atoms in total. The average molecular weight is 256 g/mol. The molecule has 1 aliphatic rings. The highest BCUT2D eigenvalue weighted by atomic mass is 16.5. The third-order valence-corrected chi connectivity index (χ3v) is 4.11. The van der Waals surface area contributed by atoms with Gasteiger partial charge in [0, 0.05) is 6.42 Å². The highest BCUT2D eigenvalue weighted by Gasteiger charge is 2.19. The van der Waals surface area contributed by atoms with E-state index >= 15 is 0 Å². The molecule has 0 atom stereocenters. The minimum absolute atomic E-state index is 0.507. The zero-order valence-corrected chi connectivity index (χ0v) is 11.1. The van der Waals surface area contributed by atoms with Crippen LogP contribution in [0.3, 0.4) is 0 Å². The van der Waals surface area contributed by atoms with Crippen molar-refractivity contribution in [1.29, 1.82) is 0 Å². The van der Waals surface area contributed by atoms with Crippen molar-refractivity contribution in [3.05, 3.63) is 36.1 Å². The fourth-order valence-electron chi connectivity index (χ4n) is 3.06. The molecule has 0 radical (unpaired) electrons. The second-order valence-corrected chi connectivity index (χ2v) is 5.42. The normalized spacial score (nSPS) is 16.0. The van der Waals surface area contributed by atoms with E-state index in [0.29, 0.717) is 5.82 Å². The van der Waals surface area contributed by atoms with Crippen LogP contribution in [-0.2, 0) is 6.42 Å². The second kappa shape index (κ2) is 5.47. The molecule has 0 unspecified atom stereocenters. The van der Waals surface area contributed by atoms with E-state index in [9.17, 15) is 0 Å². The molecule has 1 saturated carbocycles. The lowest BCUT2D eigenvalue weighted by molar-refractivity contribution is 0.370. The summed E-state index contributed by atoms with van der Waals surface area (Å²) in [6.45, 7) is 0. The van der Waals surface area contributed by atoms with Gasteiger partial charge in [-0.05, 0) is 17.9 Å².